The van der Waals surface area contributed by atoms with Gasteiger partial charge < -0.3 is 10.1 Å². The topological polar surface area (TPSA) is 21.3 Å². The molecular weight excluding hydrogens is 249 g/mol. The summed E-state index contributed by atoms with van der Waals surface area (Å²) in [4.78, 5) is 0. The molecule has 0 radical (unpaired) electrons. The van der Waals surface area contributed by atoms with Gasteiger partial charge in [0.1, 0.15) is 5.82 Å². The van der Waals surface area contributed by atoms with Crippen LogP contribution in [0.5, 0.6) is 0 Å². The van der Waals surface area contributed by atoms with Crippen molar-refractivity contribution in [3.05, 3.63) is 35.6 Å². The van der Waals surface area contributed by atoms with Gasteiger partial charge in [0.05, 0.1) is 18.8 Å². The number of hydrogen-bond acceptors (Lipinski definition) is 3. The van der Waals surface area contributed by atoms with Crippen LogP contribution in [-0.2, 0) is 4.74 Å². The van der Waals surface area contributed by atoms with Crippen LogP contribution in [-0.4, -0.2) is 30.8 Å². The monoisotopic (exact) mass is 269 g/mol. The molecule has 1 N–H and O–H groups in total. The highest BCUT2D eigenvalue weighted by Crippen LogP contribution is 2.26. The van der Waals surface area contributed by atoms with E-state index in [1.54, 1.807) is 12.1 Å². The molecule has 0 bridgehead atoms. The van der Waals surface area contributed by atoms with Crippen LogP contribution in [0.1, 0.15) is 24.9 Å². The normalized spacial score (nSPS) is 21.8. The van der Waals surface area contributed by atoms with Gasteiger partial charge in [0, 0.05) is 11.5 Å². The Balaban J connectivity index is 2.12. The number of benzene rings is 1. The van der Waals surface area contributed by atoms with Crippen molar-refractivity contribution in [3.8, 4) is 0 Å². The second kappa shape index (κ2) is 7.12. The van der Waals surface area contributed by atoms with Crippen LogP contribution in [0.4, 0.5) is 4.39 Å². The molecule has 1 aliphatic heterocycles. The van der Waals surface area contributed by atoms with E-state index in [1.807, 2.05) is 17.8 Å². The minimum Gasteiger partial charge on any atom is -0.375 e. The summed E-state index contributed by atoms with van der Waals surface area (Å²) < 4.78 is 19.2. The molecule has 2 nitrogen and oxygen atoms in total. The lowest BCUT2D eigenvalue weighted by Gasteiger charge is -2.31. The third-order valence-corrected chi connectivity index (χ3v) is 4.06. The minimum atomic E-state index is -0.181. The Labute approximate surface area is 112 Å². The maximum absolute atomic E-state index is 13.3. The van der Waals surface area contributed by atoms with Crippen molar-refractivity contribution in [1.82, 2.24) is 5.32 Å². The standard InChI is InChI=1S/C14H20FNOS/c1-2-6-16-14(13-10-18-8-7-17-13)11-4-3-5-12(15)9-11/h3-5,9,13-14,16H,2,6-8,10H2,1H3. The Morgan fingerprint density at radius 2 is 2.44 bits per heavy atom. The summed E-state index contributed by atoms with van der Waals surface area (Å²) in [6.07, 6.45) is 1.20. The molecule has 18 heavy (non-hydrogen) atoms. The number of halogens is 1. The van der Waals surface area contributed by atoms with E-state index in [-0.39, 0.29) is 18.0 Å². The summed E-state index contributed by atoms with van der Waals surface area (Å²) >= 11 is 1.90. The average Bonchev–Trinajstić information content (AvgIpc) is 2.40. The van der Waals surface area contributed by atoms with Crippen molar-refractivity contribution >= 4 is 11.8 Å². The smallest absolute Gasteiger partial charge is 0.123 e. The highest BCUT2D eigenvalue weighted by Gasteiger charge is 2.25. The summed E-state index contributed by atoms with van der Waals surface area (Å²) in [5.74, 6) is 1.84. The van der Waals surface area contributed by atoms with Crippen molar-refractivity contribution in [3.63, 3.8) is 0 Å². The first-order valence-electron chi connectivity index (χ1n) is 6.49. The quantitative estimate of drug-likeness (QED) is 0.888. The van der Waals surface area contributed by atoms with Gasteiger partial charge in [-0.3, -0.25) is 0 Å². The van der Waals surface area contributed by atoms with Crippen molar-refractivity contribution in [1.29, 1.82) is 0 Å². The summed E-state index contributed by atoms with van der Waals surface area (Å²) in [7, 11) is 0. The van der Waals surface area contributed by atoms with Gasteiger partial charge in [-0.25, -0.2) is 4.39 Å². The molecule has 4 heteroatoms. The van der Waals surface area contributed by atoms with Crippen LogP contribution in [0.15, 0.2) is 24.3 Å². The fourth-order valence-electron chi connectivity index (χ4n) is 2.16. The molecule has 1 aromatic carbocycles. The van der Waals surface area contributed by atoms with Gasteiger partial charge >= 0.3 is 0 Å². The van der Waals surface area contributed by atoms with Crippen LogP contribution >= 0.6 is 11.8 Å². The van der Waals surface area contributed by atoms with Crippen LogP contribution in [0.2, 0.25) is 0 Å². The fraction of sp³-hybridized carbons (Fsp3) is 0.571. The first kappa shape index (κ1) is 13.8. The molecule has 100 valence electrons. The Morgan fingerprint density at radius 1 is 1.56 bits per heavy atom. The van der Waals surface area contributed by atoms with E-state index in [0.29, 0.717) is 0 Å². The summed E-state index contributed by atoms with van der Waals surface area (Å²) in [6, 6.07) is 6.92. The SMILES string of the molecule is CCCNC(c1cccc(F)c1)C1CSCCO1. The van der Waals surface area contributed by atoms with Crippen LogP contribution < -0.4 is 5.32 Å². The second-order valence-corrected chi connectivity index (χ2v) is 5.62. The minimum absolute atomic E-state index is 0.0912. The molecule has 1 aliphatic rings. The number of thioether (sulfide) groups is 1. The Kier molecular flexibility index (Phi) is 5.47. The van der Waals surface area contributed by atoms with E-state index >= 15 is 0 Å². The van der Waals surface area contributed by atoms with Gasteiger partial charge in [-0.05, 0) is 30.7 Å². The molecule has 1 saturated heterocycles. The Bertz CT molecular complexity index is 369. The van der Waals surface area contributed by atoms with Gasteiger partial charge in [0.2, 0.25) is 0 Å². The van der Waals surface area contributed by atoms with Gasteiger partial charge in [0.15, 0.2) is 0 Å². The lowest BCUT2D eigenvalue weighted by Crippen LogP contribution is -2.38. The number of ether oxygens (including phenoxy) is 1. The van der Waals surface area contributed by atoms with E-state index in [0.717, 1.165) is 36.6 Å². The lowest BCUT2D eigenvalue weighted by molar-refractivity contribution is 0.0467. The Morgan fingerprint density at radius 3 is 3.11 bits per heavy atom. The van der Waals surface area contributed by atoms with Crippen LogP contribution in [0, 0.1) is 5.82 Å². The zero-order chi connectivity index (χ0) is 12.8. The number of hydrogen-bond donors (Lipinski definition) is 1. The molecule has 1 aromatic rings. The van der Waals surface area contributed by atoms with Crippen molar-refractivity contribution in [2.24, 2.45) is 0 Å². The van der Waals surface area contributed by atoms with Crippen molar-refractivity contribution in [2.45, 2.75) is 25.5 Å². The van der Waals surface area contributed by atoms with E-state index in [2.05, 4.69) is 12.2 Å². The molecule has 0 aliphatic carbocycles. The molecule has 0 amide bonds. The summed E-state index contributed by atoms with van der Waals surface area (Å²) in [5, 5.41) is 3.48. The zero-order valence-corrected chi connectivity index (χ0v) is 11.5. The summed E-state index contributed by atoms with van der Waals surface area (Å²) in [5.41, 5.74) is 0.982. The van der Waals surface area contributed by atoms with E-state index < -0.39 is 0 Å². The largest absolute Gasteiger partial charge is 0.375 e. The van der Waals surface area contributed by atoms with E-state index in [1.165, 1.54) is 6.07 Å². The van der Waals surface area contributed by atoms with Gasteiger partial charge in [0.25, 0.3) is 0 Å². The van der Waals surface area contributed by atoms with Crippen LogP contribution in [0.25, 0.3) is 0 Å². The highest BCUT2D eigenvalue weighted by molar-refractivity contribution is 7.99. The number of rotatable bonds is 5. The highest BCUT2D eigenvalue weighted by atomic mass is 32.2. The molecule has 1 fully saturated rings. The average molecular weight is 269 g/mol. The number of nitrogens with one attached hydrogen (secondary N) is 1. The van der Waals surface area contributed by atoms with Crippen molar-refractivity contribution < 1.29 is 9.13 Å². The first-order valence-corrected chi connectivity index (χ1v) is 7.65. The molecule has 0 saturated carbocycles. The van der Waals surface area contributed by atoms with Crippen molar-refractivity contribution in [2.75, 3.05) is 24.7 Å². The molecule has 2 atom stereocenters. The van der Waals surface area contributed by atoms with Gasteiger partial charge in [-0.15, -0.1) is 0 Å². The Hall–Kier alpha value is -0.580. The van der Waals surface area contributed by atoms with E-state index in [4.69, 9.17) is 4.74 Å². The second-order valence-electron chi connectivity index (χ2n) is 4.47. The predicted octanol–water partition coefficient (Wildman–Crippen LogP) is 3.00. The third kappa shape index (κ3) is 3.70. The molecular formula is C14H20FNOS. The fourth-order valence-corrected chi connectivity index (χ4v) is 3.06. The van der Waals surface area contributed by atoms with E-state index in [9.17, 15) is 4.39 Å². The lowest BCUT2D eigenvalue weighted by atomic mass is 10.0. The molecule has 1 heterocycles. The maximum Gasteiger partial charge on any atom is 0.123 e. The maximum atomic E-state index is 13.3. The zero-order valence-electron chi connectivity index (χ0n) is 10.7. The van der Waals surface area contributed by atoms with Gasteiger partial charge in [-0.2, -0.15) is 11.8 Å². The molecule has 0 aromatic heterocycles. The molecule has 2 rings (SSSR count). The first-order chi connectivity index (χ1) is 8.81. The molecule has 2 unspecified atom stereocenters. The molecule has 0 spiro atoms. The third-order valence-electron chi connectivity index (χ3n) is 3.04. The van der Waals surface area contributed by atoms with Crippen LogP contribution in [0.3, 0.4) is 0 Å². The van der Waals surface area contributed by atoms with Gasteiger partial charge in [-0.1, -0.05) is 19.1 Å². The summed E-state index contributed by atoms with van der Waals surface area (Å²) in [6.45, 7) is 3.84. The predicted molar refractivity (Wildman–Crippen MR) is 74.5 cm³/mol.